The van der Waals surface area contributed by atoms with Crippen molar-refractivity contribution >= 4 is 22.6 Å². The number of hydrogen-bond donors (Lipinski definition) is 0. The maximum atomic E-state index is 13.4. The molecule has 0 bridgehead atoms. The van der Waals surface area contributed by atoms with Crippen molar-refractivity contribution in [3.63, 3.8) is 0 Å². The molecule has 0 N–H and O–H groups in total. The van der Waals surface area contributed by atoms with E-state index >= 15 is 0 Å². The van der Waals surface area contributed by atoms with E-state index in [-0.39, 0.29) is 5.91 Å². The van der Waals surface area contributed by atoms with Gasteiger partial charge < -0.3 is 0 Å². The van der Waals surface area contributed by atoms with Crippen LogP contribution in [0, 0.1) is 11.3 Å². The summed E-state index contributed by atoms with van der Waals surface area (Å²) in [6, 6.07) is 31.6. The molecule has 3 aromatic carbocycles. The predicted molar refractivity (Wildman–Crippen MR) is 123 cm³/mol. The Hall–Kier alpha value is -4.42. The molecule has 5 rings (SSSR count). The topological polar surface area (TPSA) is 44.1 Å². The van der Waals surface area contributed by atoms with Crippen molar-refractivity contribution in [1.29, 1.82) is 5.26 Å². The number of benzene rings is 3. The van der Waals surface area contributed by atoms with Gasteiger partial charge in [-0.05, 0) is 34.4 Å². The number of hydrogen-bond acceptors (Lipinski definition) is 2. The highest BCUT2D eigenvalue weighted by molar-refractivity contribution is 6.34. The van der Waals surface area contributed by atoms with E-state index in [1.165, 1.54) is 0 Å². The van der Waals surface area contributed by atoms with Crippen molar-refractivity contribution in [3.8, 4) is 6.07 Å². The molecular formula is C28H18N2O. The van der Waals surface area contributed by atoms with Gasteiger partial charge in [-0.1, -0.05) is 91.0 Å². The molecule has 0 saturated heterocycles. The van der Waals surface area contributed by atoms with Crippen LogP contribution in [0.3, 0.4) is 0 Å². The van der Waals surface area contributed by atoms with Crippen molar-refractivity contribution in [2.75, 3.05) is 0 Å². The number of carbonyl (C=O) groups is 1. The van der Waals surface area contributed by atoms with E-state index in [1.54, 1.807) is 11.1 Å². The lowest BCUT2D eigenvalue weighted by Crippen LogP contribution is -2.21. The Morgan fingerprint density at radius 2 is 1.29 bits per heavy atom. The molecule has 0 fully saturated rings. The molecule has 3 heteroatoms. The minimum Gasteiger partial charge on any atom is -0.283 e. The van der Waals surface area contributed by atoms with Crippen molar-refractivity contribution in [2.45, 2.75) is 0 Å². The van der Waals surface area contributed by atoms with E-state index in [2.05, 4.69) is 6.07 Å². The lowest BCUT2D eigenvalue weighted by molar-refractivity contribution is -0.120. The summed E-state index contributed by atoms with van der Waals surface area (Å²) in [4.78, 5) is 15.1. The third-order valence-corrected chi connectivity index (χ3v) is 5.48. The molecule has 31 heavy (non-hydrogen) atoms. The second-order valence-electron chi connectivity index (χ2n) is 7.31. The summed E-state index contributed by atoms with van der Waals surface area (Å²) in [5.41, 5.74) is 6.41. The van der Waals surface area contributed by atoms with Gasteiger partial charge >= 0.3 is 0 Å². The van der Waals surface area contributed by atoms with Crippen LogP contribution in [0.2, 0.25) is 0 Å². The fourth-order valence-corrected chi connectivity index (χ4v) is 4.05. The number of rotatable bonds is 3. The predicted octanol–water partition coefficient (Wildman–Crippen LogP) is 5.83. The van der Waals surface area contributed by atoms with Crippen LogP contribution in [0.4, 0.5) is 0 Å². The largest absolute Gasteiger partial charge is 0.283 e. The Labute approximate surface area is 181 Å². The van der Waals surface area contributed by atoms with Gasteiger partial charge in [-0.3, -0.25) is 9.69 Å². The Balaban J connectivity index is 1.76. The van der Waals surface area contributed by atoms with Crippen LogP contribution in [0.25, 0.3) is 16.7 Å². The zero-order valence-electron chi connectivity index (χ0n) is 16.7. The molecule has 0 aromatic heterocycles. The quantitative estimate of drug-likeness (QED) is 0.521. The molecule has 0 saturated carbocycles. The molecule has 3 nitrogen and oxygen atoms in total. The number of nitriles is 1. The zero-order chi connectivity index (χ0) is 21.2. The van der Waals surface area contributed by atoms with Crippen LogP contribution in [-0.2, 0) is 4.79 Å². The second kappa shape index (κ2) is 7.78. The molecule has 0 radical (unpaired) electrons. The van der Waals surface area contributed by atoms with Gasteiger partial charge in [0.2, 0.25) is 0 Å². The van der Waals surface area contributed by atoms with E-state index in [0.717, 1.165) is 33.5 Å². The van der Waals surface area contributed by atoms with E-state index in [1.807, 2.05) is 103 Å². The maximum absolute atomic E-state index is 13.4. The average molecular weight is 398 g/mol. The van der Waals surface area contributed by atoms with Gasteiger partial charge in [-0.25, -0.2) is 0 Å². The first-order valence-corrected chi connectivity index (χ1v) is 10.1. The monoisotopic (exact) mass is 398 g/mol. The van der Waals surface area contributed by atoms with Gasteiger partial charge in [0.05, 0.1) is 16.8 Å². The highest BCUT2D eigenvalue weighted by Gasteiger charge is 2.36. The molecule has 0 spiro atoms. The normalized spacial score (nSPS) is 16.7. The van der Waals surface area contributed by atoms with Crippen LogP contribution in [0.5, 0.6) is 0 Å². The van der Waals surface area contributed by atoms with E-state index in [0.29, 0.717) is 11.1 Å². The average Bonchev–Trinajstić information content (AvgIpc) is 3.13. The summed E-state index contributed by atoms with van der Waals surface area (Å²) >= 11 is 0. The maximum Gasteiger partial charge on any atom is 0.263 e. The van der Waals surface area contributed by atoms with Gasteiger partial charge in [0.25, 0.3) is 5.91 Å². The summed E-state index contributed by atoms with van der Waals surface area (Å²) in [6.45, 7) is 0. The molecular weight excluding hydrogens is 380 g/mol. The third kappa shape index (κ3) is 3.21. The molecule has 2 aliphatic rings. The van der Waals surface area contributed by atoms with Crippen LogP contribution in [-0.4, -0.2) is 10.8 Å². The zero-order valence-corrected chi connectivity index (χ0v) is 16.7. The summed E-state index contributed by atoms with van der Waals surface area (Å²) < 4.78 is 0. The smallest absolute Gasteiger partial charge is 0.263 e. The summed E-state index contributed by atoms with van der Waals surface area (Å²) in [5.74, 6) is -0.0650. The molecule has 146 valence electrons. The first kappa shape index (κ1) is 18.6. The standard InChI is InChI=1S/C28H18N2O/c29-19-24(20-10-4-1-5-11-20)23-16-17-30-25(18-23)26(21-12-6-2-7-13-21)27(28(30)31)22-14-8-3-9-15-22/h1-18H. The van der Waals surface area contributed by atoms with Gasteiger partial charge in [-0.2, -0.15) is 5.26 Å². The number of nitrogens with zero attached hydrogens (tertiary/aromatic N) is 2. The lowest BCUT2D eigenvalue weighted by atomic mass is 9.93. The summed E-state index contributed by atoms with van der Waals surface area (Å²) in [5, 5.41) is 9.87. The second-order valence-corrected chi connectivity index (χ2v) is 7.31. The Kier molecular flexibility index (Phi) is 4.67. The molecule has 3 aromatic rings. The van der Waals surface area contributed by atoms with Crippen molar-refractivity contribution in [1.82, 2.24) is 4.90 Å². The first-order valence-electron chi connectivity index (χ1n) is 10.1. The lowest BCUT2D eigenvalue weighted by Gasteiger charge is -2.20. The SMILES string of the molecule is N#CC(=C1C=CN2C(=O)C(c3ccccc3)=C(c3ccccc3)C2=C1)c1ccccc1. The van der Waals surface area contributed by atoms with Crippen molar-refractivity contribution < 1.29 is 4.79 Å². The molecule has 2 aliphatic heterocycles. The number of allylic oxidation sites excluding steroid dienone is 5. The van der Waals surface area contributed by atoms with Crippen molar-refractivity contribution in [2.24, 2.45) is 0 Å². The number of fused-ring (bicyclic) bond motifs is 1. The van der Waals surface area contributed by atoms with E-state index in [4.69, 9.17) is 0 Å². The minimum atomic E-state index is -0.0650. The first-order chi connectivity index (χ1) is 15.3. The van der Waals surface area contributed by atoms with E-state index in [9.17, 15) is 10.1 Å². The molecule has 1 amide bonds. The highest BCUT2D eigenvalue weighted by atomic mass is 16.2. The fraction of sp³-hybridized carbons (Fsp3) is 0. The third-order valence-electron chi connectivity index (χ3n) is 5.48. The number of carbonyl (C=O) groups excluding carboxylic acids is 1. The van der Waals surface area contributed by atoms with Gasteiger partial charge in [-0.15, -0.1) is 0 Å². The van der Waals surface area contributed by atoms with Crippen LogP contribution >= 0.6 is 0 Å². The van der Waals surface area contributed by atoms with E-state index < -0.39 is 0 Å². The van der Waals surface area contributed by atoms with Gasteiger partial charge in [0.1, 0.15) is 6.07 Å². The van der Waals surface area contributed by atoms with Crippen LogP contribution in [0.15, 0.2) is 121 Å². The Morgan fingerprint density at radius 1 is 0.742 bits per heavy atom. The Bertz CT molecular complexity index is 1320. The van der Waals surface area contributed by atoms with Crippen LogP contribution < -0.4 is 0 Å². The fourth-order valence-electron chi connectivity index (χ4n) is 4.05. The summed E-state index contributed by atoms with van der Waals surface area (Å²) in [7, 11) is 0. The van der Waals surface area contributed by atoms with Gasteiger partial charge in [0.15, 0.2) is 0 Å². The molecule has 0 unspecified atom stereocenters. The highest BCUT2D eigenvalue weighted by Crippen LogP contribution is 2.44. The molecule has 0 atom stereocenters. The Morgan fingerprint density at radius 3 is 1.87 bits per heavy atom. The molecule has 2 heterocycles. The van der Waals surface area contributed by atoms with Crippen molar-refractivity contribution in [3.05, 3.63) is 137 Å². The van der Waals surface area contributed by atoms with Gasteiger partial charge in [0, 0.05) is 11.8 Å². The summed E-state index contributed by atoms with van der Waals surface area (Å²) in [6.07, 6.45) is 5.55. The minimum absolute atomic E-state index is 0.0650. The van der Waals surface area contributed by atoms with Crippen LogP contribution in [0.1, 0.15) is 16.7 Å². The molecule has 0 aliphatic carbocycles. The number of amides is 1.